The van der Waals surface area contributed by atoms with Gasteiger partial charge in [0.15, 0.2) is 11.6 Å². The van der Waals surface area contributed by atoms with E-state index in [2.05, 4.69) is 91.3 Å². The number of aromatic nitrogens is 2. The average molecular weight is 462 g/mol. The molecular weight excluding hydrogens is 435 g/mol. The molecule has 2 aliphatic rings. The summed E-state index contributed by atoms with van der Waals surface area (Å²) in [6.45, 7) is 11.6. The highest BCUT2D eigenvalue weighted by atomic mass is 127. The first kappa shape index (κ1) is 18.0. The molecule has 138 valence electrons. The predicted molar refractivity (Wildman–Crippen MR) is 117 cm³/mol. The number of benzene rings is 1. The lowest BCUT2D eigenvalue weighted by Crippen LogP contribution is -2.66. The topological polar surface area (TPSA) is 32.3 Å². The van der Waals surface area contributed by atoms with Crippen molar-refractivity contribution in [2.24, 2.45) is 0 Å². The third-order valence-corrected chi connectivity index (χ3v) is 9.01. The van der Waals surface area contributed by atoms with E-state index in [0.29, 0.717) is 6.04 Å². The van der Waals surface area contributed by atoms with E-state index in [1.54, 1.807) is 0 Å². The first-order valence-corrected chi connectivity index (χ1v) is 10.7. The predicted octanol–water partition coefficient (Wildman–Crippen LogP) is 5.43. The average Bonchev–Trinajstić information content (AvgIpc) is 3.02. The van der Waals surface area contributed by atoms with Crippen LogP contribution in [-0.4, -0.2) is 25.6 Å². The van der Waals surface area contributed by atoms with Gasteiger partial charge in [0, 0.05) is 29.5 Å². The minimum absolute atomic E-state index is 0.0422. The number of fused-ring (bicyclic) bond motifs is 5. The Hall–Kier alpha value is -1.37. The number of halogens is 1. The van der Waals surface area contributed by atoms with Gasteiger partial charge >= 0.3 is 0 Å². The largest absolute Gasteiger partial charge is 0.329 e. The Balaban J connectivity index is 2.08. The van der Waals surface area contributed by atoms with Crippen LogP contribution in [0.15, 0.2) is 36.7 Å². The molecular formula is C21H27IN4. The monoisotopic (exact) mass is 462 g/mol. The van der Waals surface area contributed by atoms with Gasteiger partial charge in [0.1, 0.15) is 6.17 Å². The fourth-order valence-electron chi connectivity index (χ4n) is 4.95. The van der Waals surface area contributed by atoms with Crippen molar-refractivity contribution in [3.05, 3.63) is 42.2 Å². The van der Waals surface area contributed by atoms with Gasteiger partial charge in [-0.3, -0.25) is 0 Å². The Morgan fingerprint density at radius 2 is 1.73 bits per heavy atom. The van der Waals surface area contributed by atoms with Crippen LogP contribution >= 0.6 is 22.6 Å². The van der Waals surface area contributed by atoms with Crippen LogP contribution in [0, 0.1) is 0 Å². The molecule has 26 heavy (non-hydrogen) atoms. The molecule has 0 saturated heterocycles. The smallest absolute Gasteiger partial charge is 0.178 e. The van der Waals surface area contributed by atoms with E-state index >= 15 is 0 Å². The van der Waals surface area contributed by atoms with Gasteiger partial charge < -0.3 is 9.80 Å². The Labute approximate surface area is 170 Å². The van der Waals surface area contributed by atoms with Crippen LogP contribution in [0.4, 0.5) is 17.3 Å². The Morgan fingerprint density at radius 3 is 2.35 bits per heavy atom. The molecule has 4 rings (SSSR count). The quantitative estimate of drug-likeness (QED) is 0.450. The number of rotatable bonds is 3. The van der Waals surface area contributed by atoms with E-state index < -0.39 is 0 Å². The summed E-state index contributed by atoms with van der Waals surface area (Å²) in [5, 5.41) is 0. The highest BCUT2D eigenvalue weighted by Gasteiger charge is 2.62. The van der Waals surface area contributed by atoms with E-state index in [1.165, 1.54) is 11.3 Å². The van der Waals surface area contributed by atoms with Gasteiger partial charge in [-0.1, -0.05) is 61.6 Å². The molecule has 0 radical (unpaired) electrons. The fourth-order valence-corrected chi connectivity index (χ4v) is 6.20. The molecule has 0 spiro atoms. The highest BCUT2D eigenvalue weighted by Crippen LogP contribution is 2.62. The summed E-state index contributed by atoms with van der Waals surface area (Å²) in [5.74, 6) is 2.00. The van der Waals surface area contributed by atoms with Crippen LogP contribution in [-0.2, 0) is 5.41 Å². The SMILES string of the molecule is CCC1(C)c2ccccc2N2c3nccnc3N(C(C)C)C2C1(I)CC. The molecule has 5 heteroatoms. The second kappa shape index (κ2) is 6.08. The molecule has 3 atom stereocenters. The van der Waals surface area contributed by atoms with Crippen molar-refractivity contribution >= 4 is 39.9 Å². The maximum Gasteiger partial charge on any atom is 0.178 e. The standard InChI is InChI=1S/C21H27IN4/c1-6-20(5)15-10-8-9-11-16(15)26-18-17(23-12-13-24-18)25(14(3)4)19(26)21(20,22)7-2/h8-14,19H,6-7H2,1-5H3. The molecule has 0 amide bonds. The first-order valence-electron chi connectivity index (χ1n) is 9.57. The Kier molecular flexibility index (Phi) is 4.21. The first-order chi connectivity index (χ1) is 12.4. The van der Waals surface area contributed by atoms with Crippen LogP contribution in [0.1, 0.15) is 53.0 Å². The van der Waals surface area contributed by atoms with Gasteiger partial charge in [-0.25, -0.2) is 9.97 Å². The molecule has 1 aromatic heterocycles. The number of alkyl halides is 1. The molecule has 2 aliphatic heterocycles. The zero-order valence-corrected chi connectivity index (χ0v) is 18.4. The van der Waals surface area contributed by atoms with Crippen LogP contribution in [0.2, 0.25) is 0 Å². The molecule has 0 aliphatic carbocycles. The van der Waals surface area contributed by atoms with Crippen molar-refractivity contribution < 1.29 is 0 Å². The second-order valence-corrected chi connectivity index (χ2v) is 9.79. The zero-order chi connectivity index (χ0) is 18.7. The van der Waals surface area contributed by atoms with Crippen LogP contribution < -0.4 is 9.80 Å². The summed E-state index contributed by atoms with van der Waals surface area (Å²) in [6, 6.07) is 9.24. The van der Waals surface area contributed by atoms with E-state index in [-0.39, 0.29) is 15.0 Å². The van der Waals surface area contributed by atoms with E-state index in [4.69, 9.17) is 9.97 Å². The van der Waals surface area contributed by atoms with Crippen molar-refractivity contribution in [1.82, 2.24) is 9.97 Å². The number of nitrogens with zero attached hydrogens (tertiary/aromatic N) is 4. The van der Waals surface area contributed by atoms with Crippen LogP contribution in [0.25, 0.3) is 0 Å². The molecule has 4 nitrogen and oxygen atoms in total. The number of para-hydroxylation sites is 1. The number of hydrogen-bond donors (Lipinski definition) is 0. The third kappa shape index (κ3) is 2.06. The van der Waals surface area contributed by atoms with Crippen molar-refractivity contribution in [3.63, 3.8) is 0 Å². The summed E-state index contributed by atoms with van der Waals surface area (Å²) < 4.78 is 0.0422. The van der Waals surface area contributed by atoms with Crippen molar-refractivity contribution in [2.45, 2.75) is 68.5 Å². The third-order valence-electron chi connectivity index (χ3n) is 6.50. The molecule has 0 N–H and O–H groups in total. The van der Waals surface area contributed by atoms with E-state index in [0.717, 1.165) is 24.5 Å². The second-order valence-electron chi connectivity index (χ2n) is 7.87. The van der Waals surface area contributed by atoms with Gasteiger partial charge in [-0.2, -0.15) is 0 Å². The maximum atomic E-state index is 4.77. The zero-order valence-electron chi connectivity index (χ0n) is 16.2. The van der Waals surface area contributed by atoms with Crippen LogP contribution in [0.3, 0.4) is 0 Å². The summed E-state index contributed by atoms with van der Waals surface area (Å²) in [4.78, 5) is 14.5. The van der Waals surface area contributed by atoms with Gasteiger partial charge in [0.2, 0.25) is 0 Å². The molecule has 0 fully saturated rings. The van der Waals surface area contributed by atoms with Gasteiger partial charge in [0.05, 0.1) is 3.42 Å². The van der Waals surface area contributed by atoms with Gasteiger partial charge in [-0.05, 0) is 38.3 Å². The lowest BCUT2D eigenvalue weighted by molar-refractivity contribution is 0.264. The highest BCUT2D eigenvalue weighted by molar-refractivity contribution is 14.1. The lowest BCUT2D eigenvalue weighted by atomic mass is 9.64. The minimum Gasteiger partial charge on any atom is -0.329 e. The summed E-state index contributed by atoms with van der Waals surface area (Å²) in [5.41, 5.74) is 2.79. The minimum atomic E-state index is 0.0422. The van der Waals surface area contributed by atoms with Gasteiger partial charge in [-0.15, -0.1) is 0 Å². The number of anilines is 3. The normalized spacial score (nSPS) is 29.6. The summed E-state index contributed by atoms with van der Waals surface area (Å²) >= 11 is 2.75. The molecule has 3 unspecified atom stereocenters. The van der Waals surface area contributed by atoms with Crippen molar-refractivity contribution in [1.29, 1.82) is 0 Å². The lowest BCUT2D eigenvalue weighted by Gasteiger charge is -2.58. The summed E-state index contributed by atoms with van der Waals surface area (Å²) in [6.07, 6.45) is 6.04. The van der Waals surface area contributed by atoms with Crippen LogP contribution in [0.5, 0.6) is 0 Å². The number of hydrogen-bond acceptors (Lipinski definition) is 4. The van der Waals surface area contributed by atoms with E-state index in [1.807, 2.05) is 12.4 Å². The Morgan fingerprint density at radius 1 is 1.08 bits per heavy atom. The molecule has 3 heterocycles. The maximum absolute atomic E-state index is 4.77. The molecule has 2 aromatic rings. The molecule has 1 aromatic carbocycles. The molecule has 0 bridgehead atoms. The van der Waals surface area contributed by atoms with Gasteiger partial charge in [0.25, 0.3) is 0 Å². The summed E-state index contributed by atoms with van der Waals surface area (Å²) in [7, 11) is 0. The van der Waals surface area contributed by atoms with Crippen molar-refractivity contribution in [3.8, 4) is 0 Å². The fraction of sp³-hybridized carbons (Fsp3) is 0.524. The Bertz CT molecular complexity index is 838. The van der Waals surface area contributed by atoms with E-state index in [9.17, 15) is 0 Å². The molecule has 0 saturated carbocycles. The van der Waals surface area contributed by atoms with Crippen molar-refractivity contribution in [2.75, 3.05) is 9.80 Å².